The third kappa shape index (κ3) is 5.64. The molecular formula is C15H21F3N4O2. The summed E-state index contributed by atoms with van der Waals surface area (Å²) < 4.78 is 40.7. The summed E-state index contributed by atoms with van der Waals surface area (Å²) in [6.07, 6.45) is -3.13. The second-order valence-corrected chi connectivity index (χ2v) is 5.79. The highest BCUT2D eigenvalue weighted by Crippen LogP contribution is 2.18. The molecule has 1 atom stereocenters. The van der Waals surface area contributed by atoms with Crippen LogP contribution in [0, 0.1) is 0 Å². The number of anilines is 1. The quantitative estimate of drug-likeness (QED) is 0.878. The number of nitrogens with one attached hydrogen (secondary N) is 1. The van der Waals surface area contributed by atoms with Crippen LogP contribution < -0.4 is 10.1 Å². The highest BCUT2D eigenvalue weighted by atomic mass is 19.4. The lowest BCUT2D eigenvalue weighted by Crippen LogP contribution is -2.51. The molecule has 1 aromatic rings. The molecule has 1 aliphatic heterocycles. The van der Waals surface area contributed by atoms with Crippen LogP contribution in [0.25, 0.3) is 0 Å². The fraction of sp³-hybridized carbons (Fsp3) is 0.600. The zero-order chi connectivity index (χ0) is 17.7. The number of pyridine rings is 1. The van der Waals surface area contributed by atoms with Crippen LogP contribution in [0.5, 0.6) is 5.88 Å². The van der Waals surface area contributed by atoms with E-state index >= 15 is 0 Å². The van der Waals surface area contributed by atoms with Gasteiger partial charge >= 0.3 is 6.18 Å². The van der Waals surface area contributed by atoms with Crippen molar-refractivity contribution in [2.75, 3.05) is 45.2 Å². The van der Waals surface area contributed by atoms with Gasteiger partial charge in [0.05, 0.1) is 17.9 Å². The number of carbonyl (C=O) groups is 1. The molecule has 1 unspecified atom stereocenters. The molecule has 0 radical (unpaired) electrons. The Morgan fingerprint density at radius 1 is 1.33 bits per heavy atom. The second-order valence-electron chi connectivity index (χ2n) is 5.79. The molecular weight excluding hydrogens is 325 g/mol. The number of halogens is 3. The van der Waals surface area contributed by atoms with Crippen LogP contribution in [-0.2, 0) is 4.79 Å². The van der Waals surface area contributed by atoms with E-state index in [1.165, 1.54) is 18.3 Å². The third-order valence-corrected chi connectivity index (χ3v) is 3.85. The Bertz CT molecular complexity index is 543. The molecule has 0 spiro atoms. The number of ether oxygens (including phenoxy) is 1. The van der Waals surface area contributed by atoms with Crippen molar-refractivity contribution in [1.29, 1.82) is 0 Å². The minimum Gasteiger partial charge on any atom is -0.468 e. The van der Waals surface area contributed by atoms with Crippen molar-refractivity contribution in [2.45, 2.75) is 19.1 Å². The third-order valence-electron chi connectivity index (χ3n) is 3.85. The molecule has 0 saturated carbocycles. The molecule has 1 amide bonds. The largest absolute Gasteiger partial charge is 0.468 e. The number of aromatic nitrogens is 1. The molecule has 0 aromatic carbocycles. The topological polar surface area (TPSA) is 57.7 Å². The van der Waals surface area contributed by atoms with Gasteiger partial charge < -0.3 is 15.0 Å². The second kappa shape index (κ2) is 7.80. The van der Waals surface area contributed by atoms with Crippen molar-refractivity contribution < 1.29 is 22.7 Å². The average Bonchev–Trinajstić information content (AvgIpc) is 2.53. The van der Waals surface area contributed by atoms with Gasteiger partial charge in [-0.1, -0.05) is 0 Å². The van der Waals surface area contributed by atoms with Crippen molar-refractivity contribution in [3.63, 3.8) is 0 Å². The van der Waals surface area contributed by atoms with Gasteiger partial charge in [0.2, 0.25) is 11.8 Å². The first-order valence-corrected chi connectivity index (χ1v) is 7.63. The summed E-state index contributed by atoms with van der Waals surface area (Å²) in [6.45, 7) is 3.87. The van der Waals surface area contributed by atoms with Gasteiger partial charge in [0.25, 0.3) is 0 Å². The lowest BCUT2D eigenvalue weighted by molar-refractivity contribution is -0.154. The summed E-state index contributed by atoms with van der Waals surface area (Å²) >= 11 is 0. The molecule has 6 nitrogen and oxygen atoms in total. The number of piperazine rings is 1. The molecule has 1 fully saturated rings. The molecule has 1 saturated heterocycles. The van der Waals surface area contributed by atoms with E-state index < -0.39 is 12.8 Å². The fourth-order valence-corrected chi connectivity index (χ4v) is 2.32. The van der Waals surface area contributed by atoms with Gasteiger partial charge in [-0.15, -0.1) is 0 Å². The number of amides is 1. The Balaban J connectivity index is 1.85. The van der Waals surface area contributed by atoms with E-state index in [4.69, 9.17) is 0 Å². The highest BCUT2D eigenvalue weighted by Gasteiger charge is 2.28. The number of hydrogen-bond donors (Lipinski definition) is 1. The standard InChI is InChI=1S/C15H21F3N4O2/c1-11(22-7-5-21(2)6-8-22)14(23)20-12-3-4-13(19-9-12)24-10-15(16,17)18/h3-4,9,11H,5-8,10H2,1-2H3,(H,20,23). The van der Waals surface area contributed by atoms with Crippen molar-refractivity contribution in [3.05, 3.63) is 18.3 Å². The summed E-state index contributed by atoms with van der Waals surface area (Å²) in [5.41, 5.74) is 0.417. The summed E-state index contributed by atoms with van der Waals surface area (Å²) in [5.74, 6) is -0.317. The minimum absolute atomic E-state index is 0.141. The van der Waals surface area contributed by atoms with Crippen molar-refractivity contribution in [1.82, 2.24) is 14.8 Å². The van der Waals surface area contributed by atoms with E-state index in [1.807, 2.05) is 14.0 Å². The van der Waals surface area contributed by atoms with Crippen LogP contribution in [0.4, 0.5) is 18.9 Å². The fourth-order valence-electron chi connectivity index (χ4n) is 2.32. The predicted molar refractivity (Wildman–Crippen MR) is 82.9 cm³/mol. The first kappa shape index (κ1) is 18.5. The maximum Gasteiger partial charge on any atom is 0.422 e. The summed E-state index contributed by atoms with van der Waals surface area (Å²) in [6, 6.07) is 2.47. The number of alkyl halides is 3. The van der Waals surface area contributed by atoms with Gasteiger partial charge in [0.15, 0.2) is 6.61 Å². The van der Waals surface area contributed by atoms with E-state index in [2.05, 4.69) is 24.8 Å². The smallest absolute Gasteiger partial charge is 0.422 e. The molecule has 2 rings (SSSR count). The van der Waals surface area contributed by atoms with Crippen LogP contribution in [0.1, 0.15) is 6.92 Å². The lowest BCUT2D eigenvalue weighted by Gasteiger charge is -2.35. The van der Waals surface area contributed by atoms with Crippen LogP contribution in [0.2, 0.25) is 0 Å². The van der Waals surface area contributed by atoms with Gasteiger partial charge in [-0.25, -0.2) is 4.98 Å². The Kier molecular flexibility index (Phi) is 6.00. The van der Waals surface area contributed by atoms with Crippen LogP contribution >= 0.6 is 0 Å². The van der Waals surface area contributed by atoms with Gasteiger partial charge in [0, 0.05) is 32.2 Å². The SMILES string of the molecule is CC(C(=O)Nc1ccc(OCC(F)(F)F)nc1)N1CCN(C)CC1. The van der Waals surface area contributed by atoms with Crippen molar-refractivity contribution in [3.8, 4) is 5.88 Å². The van der Waals surface area contributed by atoms with Gasteiger partial charge in [-0.2, -0.15) is 13.2 Å². The molecule has 2 heterocycles. The average molecular weight is 346 g/mol. The summed E-state index contributed by atoms with van der Waals surface area (Å²) in [5, 5.41) is 2.72. The first-order chi connectivity index (χ1) is 11.2. The van der Waals surface area contributed by atoms with Crippen molar-refractivity contribution >= 4 is 11.6 Å². The van der Waals surface area contributed by atoms with E-state index in [1.54, 1.807) is 0 Å². The van der Waals surface area contributed by atoms with Gasteiger partial charge in [-0.3, -0.25) is 9.69 Å². The van der Waals surface area contributed by atoms with Crippen molar-refractivity contribution in [2.24, 2.45) is 0 Å². The Hall–Kier alpha value is -1.87. The van der Waals surface area contributed by atoms with E-state index in [-0.39, 0.29) is 17.8 Å². The predicted octanol–water partition coefficient (Wildman–Crippen LogP) is 1.60. The van der Waals surface area contributed by atoms with E-state index in [0.29, 0.717) is 5.69 Å². The normalized spacial score (nSPS) is 18.2. The summed E-state index contributed by atoms with van der Waals surface area (Å²) in [7, 11) is 2.04. The molecule has 0 bridgehead atoms. The Labute approximate surface area is 138 Å². The van der Waals surface area contributed by atoms with E-state index in [0.717, 1.165) is 26.2 Å². The van der Waals surface area contributed by atoms with Gasteiger partial charge in [0.1, 0.15) is 0 Å². The Morgan fingerprint density at radius 2 is 2.00 bits per heavy atom. The maximum atomic E-state index is 12.3. The van der Waals surface area contributed by atoms with Gasteiger partial charge in [-0.05, 0) is 20.0 Å². The number of hydrogen-bond acceptors (Lipinski definition) is 5. The first-order valence-electron chi connectivity index (χ1n) is 7.63. The molecule has 1 aromatic heterocycles. The zero-order valence-corrected chi connectivity index (χ0v) is 13.6. The molecule has 134 valence electrons. The maximum absolute atomic E-state index is 12.3. The summed E-state index contributed by atoms with van der Waals surface area (Å²) in [4.78, 5) is 20.3. The lowest BCUT2D eigenvalue weighted by atomic mass is 10.2. The molecule has 9 heteroatoms. The molecule has 0 aliphatic carbocycles. The number of likely N-dealkylation sites (N-methyl/N-ethyl adjacent to an activating group) is 1. The van der Waals surface area contributed by atoms with Crippen LogP contribution in [0.15, 0.2) is 18.3 Å². The Morgan fingerprint density at radius 3 is 2.54 bits per heavy atom. The number of carbonyl (C=O) groups excluding carboxylic acids is 1. The number of rotatable bonds is 5. The molecule has 24 heavy (non-hydrogen) atoms. The minimum atomic E-state index is -4.41. The molecule has 1 N–H and O–H groups in total. The monoisotopic (exact) mass is 346 g/mol. The highest BCUT2D eigenvalue weighted by molar-refractivity contribution is 5.94. The van der Waals surface area contributed by atoms with Crippen LogP contribution in [0.3, 0.4) is 0 Å². The molecule has 1 aliphatic rings. The van der Waals surface area contributed by atoms with Crippen LogP contribution in [-0.4, -0.2) is 72.7 Å². The number of nitrogens with zero attached hydrogens (tertiary/aromatic N) is 3. The zero-order valence-electron chi connectivity index (χ0n) is 13.6. The van der Waals surface area contributed by atoms with E-state index in [9.17, 15) is 18.0 Å².